The van der Waals surface area contributed by atoms with Crippen LogP contribution in [-0.2, 0) is 6.61 Å². The molecule has 0 saturated heterocycles. The lowest BCUT2D eigenvalue weighted by molar-refractivity contribution is 0.173. The maximum Gasteiger partial charge on any atom is 0.231 e. The van der Waals surface area contributed by atoms with E-state index in [1.54, 1.807) is 19.1 Å². The van der Waals surface area contributed by atoms with Gasteiger partial charge >= 0.3 is 0 Å². The van der Waals surface area contributed by atoms with Crippen molar-refractivity contribution in [1.82, 2.24) is 0 Å². The highest BCUT2D eigenvalue weighted by atomic mass is 16.7. The van der Waals surface area contributed by atoms with Gasteiger partial charge in [-0.05, 0) is 13.0 Å². The Hall–Kier alpha value is -1.86. The third-order valence-corrected chi connectivity index (χ3v) is 2.20. The van der Waals surface area contributed by atoms with Crippen LogP contribution in [0.4, 0.5) is 0 Å². The highest BCUT2D eigenvalue weighted by Crippen LogP contribution is 2.38. The molecule has 0 bridgehead atoms. The molecule has 0 aromatic heterocycles. The third kappa shape index (κ3) is 2.05. The van der Waals surface area contributed by atoms with Crippen LogP contribution < -0.4 is 14.2 Å². The zero-order chi connectivity index (χ0) is 11.4. The van der Waals surface area contributed by atoms with Gasteiger partial charge in [-0.3, -0.25) is 0 Å². The van der Waals surface area contributed by atoms with E-state index in [4.69, 9.17) is 14.2 Å². The molecule has 1 aliphatic heterocycles. The van der Waals surface area contributed by atoms with Gasteiger partial charge in [-0.2, -0.15) is 0 Å². The predicted octanol–water partition coefficient (Wildman–Crippen LogP) is 1.31. The molecule has 4 nitrogen and oxygen atoms in total. The first kappa shape index (κ1) is 10.7. The molecule has 0 atom stereocenters. The molecule has 0 saturated carbocycles. The van der Waals surface area contributed by atoms with E-state index in [0.717, 1.165) is 0 Å². The molecule has 0 radical (unpaired) electrons. The third-order valence-electron chi connectivity index (χ3n) is 2.20. The Morgan fingerprint density at radius 1 is 1.38 bits per heavy atom. The molecule has 0 fully saturated rings. The van der Waals surface area contributed by atoms with Crippen LogP contribution in [0.3, 0.4) is 0 Å². The van der Waals surface area contributed by atoms with E-state index in [-0.39, 0.29) is 13.4 Å². The molecule has 1 heterocycles. The Morgan fingerprint density at radius 2 is 2.12 bits per heavy atom. The topological polar surface area (TPSA) is 47.9 Å². The minimum atomic E-state index is -0.106. The van der Waals surface area contributed by atoms with Crippen LogP contribution in [0.2, 0.25) is 0 Å². The van der Waals surface area contributed by atoms with Crippen LogP contribution in [0.15, 0.2) is 12.1 Å². The van der Waals surface area contributed by atoms with Gasteiger partial charge in [-0.1, -0.05) is 5.92 Å². The average Bonchev–Trinajstić information content (AvgIpc) is 2.75. The van der Waals surface area contributed by atoms with Gasteiger partial charge in [0.25, 0.3) is 0 Å². The first-order valence-electron chi connectivity index (χ1n) is 4.91. The highest BCUT2D eigenvalue weighted by Gasteiger charge is 2.17. The molecule has 0 unspecified atom stereocenters. The van der Waals surface area contributed by atoms with E-state index >= 15 is 0 Å². The van der Waals surface area contributed by atoms with Crippen LogP contribution in [0.25, 0.3) is 0 Å². The summed E-state index contributed by atoms with van der Waals surface area (Å²) in [6, 6.07) is 3.43. The zero-order valence-corrected chi connectivity index (χ0v) is 8.95. The molecular formula is C12H12O4. The number of benzene rings is 1. The van der Waals surface area contributed by atoms with Crippen molar-refractivity contribution >= 4 is 0 Å². The lowest BCUT2D eigenvalue weighted by Gasteiger charge is -2.08. The Balaban J connectivity index is 2.24. The predicted molar refractivity (Wildman–Crippen MR) is 57.4 cm³/mol. The summed E-state index contributed by atoms with van der Waals surface area (Å²) in [5.74, 6) is 7.38. The summed E-state index contributed by atoms with van der Waals surface area (Å²) in [5, 5.41) is 9.19. The number of fused-ring (bicyclic) bond motifs is 1. The van der Waals surface area contributed by atoms with Gasteiger partial charge in [0.2, 0.25) is 6.79 Å². The van der Waals surface area contributed by atoms with Gasteiger partial charge in [0.05, 0.1) is 6.61 Å². The largest absolute Gasteiger partial charge is 0.480 e. The van der Waals surface area contributed by atoms with Gasteiger partial charge in [0, 0.05) is 11.6 Å². The SMILES string of the molecule is CC#CCOc1cc2c(cc1CO)OCO2. The molecule has 0 spiro atoms. The number of ether oxygens (including phenoxy) is 3. The van der Waals surface area contributed by atoms with Crippen molar-refractivity contribution in [2.24, 2.45) is 0 Å². The summed E-state index contributed by atoms with van der Waals surface area (Å²) in [5.41, 5.74) is 0.669. The van der Waals surface area contributed by atoms with Gasteiger partial charge in [-0.15, -0.1) is 5.92 Å². The van der Waals surface area contributed by atoms with Gasteiger partial charge in [-0.25, -0.2) is 0 Å². The van der Waals surface area contributed by atoms with Crippen molar-refractivity contribution in [3.8, 4) is 29.1 Å². The van der Waals surface area contributed by atoms with Crippen molar-refractivity contribution in [2.75, 3.05) is 13.4 Å². The molecule has 2 rings (SSSR count). The van der Waals surface area contributed by atoms with Crippen LogP contribution in [0, 0.1) is 11.8 Å². The summed E-state index contributed by atoms with van der Waals surface area (Å²) in [4.78, 5) is 0. The van der Waals surface area contributed by atoms with Crippen LogP contribution >= 0.6 is 0 Å². The molecular weight excluding hydrogens is 208 g/mol. The Morgan fingerprint density at radius 3 is 2.81 bits per heavy atom. The maximum absolute atomic E-state index is 9.19. The second kappa shape index (κ2) is 4.77. The monoisotopic (exact) mass is 220 g/mol. The molecule has 1 aromatic rings. The lowest BCUT2D eigenvalue weighted by atomic mass is 10.2. The Bertz CT molecular complexity index is 442. The number of aliphatic hydroxyl groups excluding tert-OH is 1. The molecule has 0 amide bonds. The van der Waals surface area contributed by atoms with Crippen molar-refractivity contribution in [3.05, 3.63) is 17.7 Å². The second-order valence-electron chi connectivity index (χ2n) is 3.19. The fourth-order valence-corrected chi connectivity index (χ4v) is 1.41. The van der Waals surface area contributed by atoms with E-state index in [1.165, 1.54) is 0 Å². The normalized spacial score (nSPS) is 11.9. The standard InChI is InChI=1S/C12H12O4/c1-2-3-4-14-10-6-12-11(15-8-16-12)5-9(10)7-13/h5-6,13H,4,7-8H2,1H3. The van der Waals surface area contributed by atoms with E-state index in [9.17, 15) is 5.11 Å². The van der Waals surface area contributed by atoms with Gasteiger partial charge in [0.15, 0.2) is 11.5 Å². The summed E-state index contributed by atoms with van der Waals surface area (Å²) >= 11 is 0. The van der Waals surface area contributed by atoms with E-state index in [1.807, 2.05) is 0 Å². The first-order valence-corrected chi connectivity index (χ1v) is 4.91. The fourth-order valence-electron chi connectivity index (χ4n) is 1.41. The van der Waals surface area contributed by atoms with Gasteiger partial charge in [0.1, 0.15) is 12.4 Å². The average molecular weight is 220 g/mol. The summed E-state index contributed by atoms with van der Waals surface area (Å²) in [6.07, 6.45) is 0. The number of rotatable bonds is 3. The molecule has 0 aliphatic carbocycles. The molecule has 84 valence electrons. The van der Waals surface area contributed by atoms with Crippen molar-refractivity contribution in [1.29, 1.82) is 0 Å². The Labute approximate surface area is 93.7 Å². The van der Waals surface area contributed by atoms with E-state index in [0.29, 0.717) is 29.4 Å². The van der Waals surface area contributed by atoms with E-state index in [2.05, 4.69) is 11.8 Å². The van der Waals surface area contributed by atoms with Crippen LogP contribution in [-0.4, -0.2) is 18.5 Å². The quantitative estimate of drug-likeness (QED) is 0.780. The number of hydrogen-bond donors (Lipinski definition) is 1. The second-order valence-corrected chi connectivity index (χ2v) is 3.19. The molecule has 1 aliphatic rings. The first-order chi connectivity index (χ1) is 7.85. The molecule has 1 aromatic carbocycles. The van der Waals surface area contributed by atoms with E-state index < -0.39 is 0 Å². The minimum absolute atomic E-state index is 0.106. The zero-order valence-electron chi connectivity index (χ0n) is 8.95. The smallest absolute Gasteiger partial charge is 0.231 e. The van der Waals surface area contributed by atoms with Crippen molar-refractivity contribution < 1.29 is 19.3 Å². The molecule has 4 heteroatoms. The van der Waals surface area contributed by atoms with Crippen molar-refractivity contribution in [3.63, 3.8) is 0 Å². The summed E-state index contributed by atoms with van der Waals surface area (Å²) in [6.45, 7) is 2.14. The Kier molecular flexibility index (Phi) is 3.18. The number of aliphatic hydroxyl groups is 1. The van der Waals surface area contributed by atoms with Crippen molar-refractivity contribution in [2.45, 2.75) is 13.5 Å². The molecule has 16 heavy (non-hydrogen) atoms. The minimum Gasteiger partial charge on any atom is -0.480 e. The fraction of sp³-hybridized carbons (Fsp3) is 0.333. The van der Waals surface area contributed by atoms with Crippen LogP contribution in [0.1, 0.15) is 12.5 Å². The maximum atomic E-state index is 9.19. The molecule has 1 N–H and O–H groups in total. The lowest BCUT2D eigenvalue weighted by Crippen LogP contribution is -1.98. The summed E-state index contributed by atoms with van der Waals surface area (Å²) < 4.78 is 15.9. The summed E-state index contributed by atoms with van der Waals surface area (Å²) in [7, 11) is 0. The van der Waals surface area contributed by atoms with Crippen LogP contribution in [0.5, 0.6) is 17.2 Å². The highest BCUT2D eigenvalue weighted by molar-refractivity contribution is 5.51. The van der Waals surface area contributed by atoms with Gasteiger partial charge < -0.3 is 19.3 Å². The number of hydrogen-bond acceptors (Lipinski definition) is 4.